The smallest absolute Gasteiger partial charge is 0.252 e. The van der Waals surface area contributed by atoms with E-state index < -0.39 is 6.04 Å². The topological polar surface area (TPSA) is 84.2 Å². The van der Waals surface area contributed by atoms with Crippen LogP contribution in [0.5, 0.6) is 0 Å². The van der Waals surface area contributed by atoms with E-state index in [-0.39, 0.29) is 22.3 Å². The van der Waals surface area contributed by atoms with E-state index in [9.17, 15) is 9.59 Å². The number of benzene rings is 1. The summed E-state index contributed by atoms with van der Waals surface area (Å²) in [6, 6.07) is 4.06. The number of hydrogen-bond donors (Lipinski definition) is 3. The third-order valence-corrected chi connectivity index (χ3v) is 3.24. The molecule has 2 amide bonds. The van der Waals surface area contributed by atoms with Gasteiger partial charge in [0.2, 0.25) is 5.91 Å². The van der Waals surface area contributed by atoms with Gasteiger partial charge in [0.15, 0.2) is 0 Å². The molecule has 1 rings (SSSR count). The van der Waals surface area contributed by atoms with E-state index in [1.54, 1.807) is 12.1 Å². The molecule has 0 saturated heterocycles. The van der Waals surface area contributed by atoms with Crippen LogP contribution in [0.2, 0.25) is 5.02 Å². The number of nitrogens with two attached hydrogens (primary N) is 1. The molecule has 0 saturated carbocycles. The van der Waals surface area contributed by atoms with E-state index in [0.29, 0.717) is 11.3 Å². The monoisotopic (exact) mass is 297 g/mol. The van der Waals surface area contributed by atoms with E-state index in [4.69, 9.17) is 17.3 Å². The van der Waals surface area contributed by atoms with Gasteiger partial charge in [-0.15, -0.1) is 0 Å². The summed E-state index contributed by atoms with van der Waals surface area (Å²) in [6.07, 6.45) is 0. The van der Waals surface area contributed by atoms with Crippen LogP contribution in [0.4, 0.5) is 5.69 Å². The SMILES string of the molecule is CNC(=O)c1ccc(NC(=O)[C@@H](N)C(C)(C)C)cc1Cl. The molecule has 0 fully saturated rings. The minimum absolute atomic E-state index is 0.270. The van der Waals surface area contributed by atoms with E-state index >= 15 is 0 Å². The summed E-state index contributed by atoms with van der Waals surface area (Å²) in [5, 5.41) is 5.45. The molecule has 1 aromatic carbocycles. The number of amides is 2. The van der Waals surface area contributed by atoms with Crippen molar-refractivity contribution in [2.24, 2.45) is 11.1 Å². The maximum absolute atomic E-state index is 12.0. The first-order valence-corrected chi connectivity index (χ1v) is 6.62. The molecule has 0 aliphatic carbocycles. The molecule has 0 aliphatic rings. The molecule has 5 nitrogen and oxygen atoms in total. The van der Waals surface area contributed by atoms with Gasteiger partial charge in [-0.3, -0.25) is 9.59 Å². The summed E-state index contributed by atoms with van der Waals surface area (Å²) in [7, 11) is 1.52. The van der Waals surface area contributed by atoms with E-state index in [1.807, 2.05) is 20.8 Å². The fraction of sp³-hybridized carbons (Fsp3) is 0.429. The molecule has 0 aromatic heterocycles. The first-order valence-electron chi connectivity index (χ1n) is 6.25. The summed E-state index contributed by atoms with van der Waals surface area (Å²) in [4.78, 5) is 23.5. The lowest BCUT2D eigenvalue weighted by molar-refractivity contribution is -0.119. The first-order chi connectivity index (χ1) is 9.16. The standard InChI is InChI=1S/C14H20ClN3O2/c1-14(2,3)11(16)13(20)18-8-5-6-9(10(15)7-8)12(19)17-4/h5-7,11H,16H2,1-4H3,(H,17,19)(H,18,20)/t11-/m1/s1. The third-order valence-electron chi connectivity index (χ3n) is 2.92. The highest BCUT2D eigenvalue weighted by Gasteiger charge is 2.27. The summed E-state index contributed by atoms with van der Waals surface area (Å²) in [5.41, 5.74) is 6.39. The van der Waals surface area contributed by atoms with Gasteiger partial charge in [0.25, 0.3) is 5.91 Å². The average Bonchev–Trinajstić information content (AvgIpc) is 2.36. The van der Waals surface area contributed by atoms with Gasteiger partial charge in [-0.05, 0) is 23.6 Å². The Balaban J connectivity index is 2.88. The number of carbonyl (C=O) groups is 2. The maximum Gasteiger partial charge on any atom is 0.252 e. The highest BCUT2D eigenvalue weighted by molar-refractivity contribution is 6.34. The van der Waals surface area contributed by atoms with Crippen LogP contribution in [0.1, 0.15) is 31.1 Å². The second-order valence-corrected chi connectivity index (χ2v) is 6.01. The van der Waals surface area contributed by atoms with Gasteiger partial charge < -0.3 is 16.4 Å². The molecule has 6 heteroatoms. The minimum Gasteiger partial charge on any atom is -0.355 e. The Bertz CT molecular complexity index is 524. The number of rotatable bonds is 3. The fourth-order valence-corrected chi connectivity index (χ4v) is 1.79. The van der Waals surface area contributed by atoms with Gasteiger partial charge in [-0.2, -0.15) is 0 Å². The Labute approximate surface area is 123 Å². The van der Waals surface area contributed by atoms with Gasteiger partial charge in [-0.1, -0.05) is 32.4 Å². The second kappa shape index (κ2) is 6.24. The molecule has 0 unspecified atom stereocenters. The van der Waals surface area contributed by atoms with Crippen molar-refractivity contribution in [1.29, 1.82) is 0 Å². The number of nitrogens with one attached hydrogen (secondary N) is 2. The summed E-state index contributed by atoms with van der Waals surface area (Å²) in [5.74, 6) is -0.569. The summed E-state index contributed by atoms with van der Waals surface area (Å²) in [6.45, 7) is 5.66. The van der Waals surface area contributed by atoms with Crippen molar-refractivity contribution in [2.45, 2.75) is 26.8 Å². The van der Waals surface area contributed by atoms with Crippen LogP contribution >= 0.6 is 11.6 Å². The van der Waals surface area contributed by atoms with Crippen LogP contribution in [-0.2, 0) is 4.79 Å². The highest BCUT2D eigenvalue weighted by atomic mass is 35.5. The second-order valence-electron chi connectivity index (χ2n) is 5.61. The third kappa shape index (κ3) is 3.95. The molecule has 0 aliphatic heterocycles. The molecule has 20 heavy (non-hydrogen) atoms. The largest absolute Gasteiger partial charge is 0.355 e. The predicted octanol–water partition coefficient (Wildman–Crippen LogP) is 2.01. The van der Waals surface area contributed by atoms with Crippen molar-refractivity contribution in [3.8, 4) is 0 Å². The number of halogens is 1. The Kier molecular flexibility index (Phi) is 5.14. The summed E-state index contributed by atoms with van der Waals surface area (Å²) < 4.78 is 0. The molecule has 0 radical (unpaired) electrons. The van der Waals surface area contributed by atoms with Crippen molar-refractivity contribution in [2.75, 3.05) is 12.4 Å². The van der Waals surface area contributed by atoms with Crippen LogP contribution < -0.4 is 16.4 Å². The van der Waals surface area contributed by atoms with Gasteiger partial charge >= 0.3 is 0 Å². The van der Waals surface area contributed by atoms with Gasteiger partial charge in [0.05, 0.1) is 16.6 Å². The van der Waals surface area contributed by atoms with E-state index in [1.165, 1.54) is 13.1 Å². The van der Waals surface area contributed by atoms with Gasteiger partial charge in [0, 0.05) is 12.7 Å². The quantitative estimate of drug-likeness (QED) is 0.798. The van der Waals surface area contributed by atoms with Crippen LogP contribution in [0.25, 0.3) is 0 Å². The zero-order valence-corrected chi connectivity index (χ0v) is 12.8. The minimum atomic E-state index is -0.639. The Morgan fingerprint density at radius 3 is 2.35 bits per heavy atom. The van der Waals surface area contributed by atoms with E-state index in [0.717, 1.165) is 0 Å². The molecule has 4 N–H and O–H groups in total. The summed E-state index contributed by atoms with van der Waals surface area (Å²) >= 11 is 6.01. The van der Waals surface area contributed by atoms with Crippen LogP contribution in [-0.4, -0.2) is 24.9 Å². The van der Waals surface area contributed by atoms with Gasteiger partial charge in [0.1, 0.15) is 0 Å². The van der Waals surface area contributed by atoms with Crippen molar-refractivity contribution in [1.82, 2.24) is 5.32 Å². The Morgan fingerprint density at radius 2 is 1.90 bits per heavy atom. The lowest BCUT2D eigenvalue weighted by atomic mass is 9.87. The zero-order chi connectivity index (χ0) is 15.5. The predicted molar refractivity (Wildman–Crippen MR) is 80.9 cm³/mol. The first kappa shape index (κ1) is 16.5. The lowest BCUT2D eigenvalue weighted by Gasteiger charge is -2.25. The number of carbonyl (C=O) groups excluding carboxylic acids is 2. The van der Waals surface area contributed by atoms with Crippen LogP contribution in [0, 0.1) is 5.41 Å². The average molecular weight is 298 g/mol. The Hall–Kier alpha value is -1.59. The maximum atomic E-state index is 12.0. The zero-order valence-electron chi connectivity index (χ0n) is 12.1. The molecular weight excluding hydrogens is 278 g/mol. The van der Waals surface area contributed by atoms with Crippen LogP contribution in [0.3, 0.4) is 0 Å². The molecular formula is C14H20ClN3O2. The fourth-order valence-electron chi connectivity index (χ4n) is 1.52. The molecule has 0 spiro atoms. The van der Waals surface area contributed by atoms with E-state index in [2.05, 4.69) is 10.6 Å². The Morgan fingerprint density at radius 1 is 1.30 bits per heavy atom. The molecule has 110 valence electrons. The van der Waals surface area contributed by atoms with Crippen molar-refractivity contribution in [3.63, 3.8) is 0 Å². The molecule has 1 aromatic rings. The van der Waals surface area contributed by atoms with Crippen molar-refractivity contribution < 1.29 is 9.59 Å². The lowest BCUT2D eigenvalue weighted by Crippen LogP contribution is -2.45. The van der Waals surface area contributed by atoms with Gasteiger partial charge in [-0.25, -0.2) is 0 Å². The normalized spacial score (nSPS) is 12.7. The number of hydrogen-bond acceptors (Lipinski definition) is 3. The van der Waals surface area contributed by atoms with Crippen molar-refractivity contribution >= 4 is 29.1 Å². The number of anilines is 1. The highest BCUT2D eigenvalue weighted by Crippen LogP contribution is 2.23. The molecule has 1 atom stereocenters. The van der Waals surface area contributed by atoms with Crippen LogP contribution in [0.15, 0.2) is 18.2 Å². The molecule has 0 heterocycles. The molecule has 0 bridgehead atoms. The van der Waals surface area contributed by atoms with Crippen molar-refractivity contribution in [3.05, 3.63) is 28.8 Å².